The van der Waals surface area contributed by atoms with Crippen LogP contribution in [0.5, 0.6) is 0 Å². The van der Waals surface area contributed by atoms with Crippen LogP contribution in [-0.4, -0.2) is 141 Å². The number of rotatable bonds is 31. The molecule has 1 rings (SSSR count). The molecule has 1 aromatic rings. The van der Waals surface area contributed by atoms with Crippen LogP contribution in [0.4, 0.5) is 4.39 Å². The Morgan fingerprint density at radius 3 is 1.00 bits per heavy atom. The molecule has 0 saturated heterocycles. The van der Waals surface area contributed by atoms with E-state index in [1.54, 1.807) is 18.2 Å². The molecular weight excluding hydrogens is 555 g/mol. The summed E-state index contributed by atoms with van der Waals surface area (Å²) < 4.78 is 88.5. The highest BCUT2D eigenvalue weighted by Gasteiger charge is 2.13. The molecule has 0 bridgehead atoms. The Bertz CT molecular complexity index is 757. The van der Waals surface area contributed by atoms with Crippen LogP contribution in [0, 0.1) is 0 Å². The van der Waals surface area contributed by atoms with E-state index < -0.39 is 16.8 Å². The van der Waals surface area contributed by atoms with E-state index in [0.29, 0.717) is 106 Å². The van der Waals surface area contributed by atoms with Crippen molar-refractivity contribution in [3.63, 3.8) is 0 Å². The molecule has 0 amide bonds. The lowest BCUT2D eigenvalue weighted by Gasteiger charge is -2.09. The lowest BCUT2D eigenvalue weighted by molar-refractivity contribution is -0.0255. The van der Waals surface area contributed by atoms with Crippen LogP contribution in [0.25, 0.3) is 0 Å². The average Bonchev–Trinajstić information content (AvgIpc) is 2.97. The first-order valence-corrected chi connectivity index (χ1v) is 14.8. The smallest absolute Gasteiger partial charge is 0.297 e. The molecule has 0 unspecified atom stereocenters. The van der Waals surface area contributed by atoms with Gasteiger partial charge < -0.3 is 42.6 Å². The minimum absolute atomic E-state index is 0.0605. The highest BCUT2D eigenvalue weighted by Crippen LogP contribution is 2.10. The van der Waals surface area contributed by atoms with Gasteiger partial charge in [-0.15, -0.1) is 0 Å². The van der Waals surface area contributed by atoms with Gasteiger partial charge in [0.05, 0.1) is 130 Å². The van der Waals surface area contributed by atoms with Crippen molar-refractivity contribution in [1.82, 2.24) is 0 Å². The number of benzene rings is 1. The summed E-state index contributed by atoms with van der Waals surface area (Å²) in [6.45, 7) is 6.75. The molecule has 0 aliphatic carbocycles. The molecule has 0 radical (unpaired) electrons. The number of halogens is 1. The molecule has 0 atom stereocenters. The maximum absolute atomic E-state index is 11.9. The summed E-state index contributed by atoms with van der Waals surface area (Å²) in [6, 6.07) is 7.96. The zero-order chi connectivity index (χ0) is 28.8. The third-order valence-corrected chi connectivity index (χ3v) is 6.02. The van der Waals surface area contributed by atoms with E-state index in [1.807, 2.05) is 0 Å². The van der Waals surface area contributed by atoms with Crippen molar-refractivity contribution in [2.75, 3.05) is 132 Å². The first-order chi connectivity index (χ1) is 19.7. The molecule has 0 aliphatic heterocycles. The number of hydrogen-bond acceptors (Lipinski definition) is 12. The molecule has 12 nitrogen and oxygen atoms in total. The van der Waals surface area contributed by atoms with Crippen molar-refractivity contribution in [3.05, 3.63) is 30.3 Å². The third-order valence-electron chi connectivity index (χ3n) is 4.70. The maximum Gasteiger partial charge on any atom is 0.297 e. The summed E-state index contributed by atoms with van der Waals surface area (Å²) >= 11 is 0. The Hall–Kier alpha value is -1.30. The minimum atomic E-state index is -3.76. The van der Waals surface area contributed by atoms with E-state index >= 15 is 0 Å². The Morgan fingerprint density at radius 1 is 0.425 bits per heavy atom. The van der Waals surface area contributed by atoms with Crippen LogP contribution in [0.1, 0.15) is 0 Å². The van der Waals surface area contributed by atoms with Crippen LogP contribution >= 0.6 is 0 Å². The van der Waals surface area contributed by atoms with E-state index in [9.17, 15) is 12.8 Å². The topological polar surface area (TPSA) is 126 Å². The SMILES string of the molecule is O=S(=O)(OCCOCCOCCOCCOCCOCCOCCOCCOCCOCCF)c1ccccc1. The number of ether oxygens (including phenoxy) is 9. The molecule has 0 fully saturated rings. The van der Waals surface area contributed by atoms with Crippen molar-refractivity contribution < 1.29 is 59.6 Å². The standard InChI is InChI=1S/C26H45FO12S/c27-6-7-30-8-9-31-10-11-32-12-13-33-14-15-34-16-17-35-18-19-36-20-21-37-22-23-38-24-25-39-40(28,29)26-4-2-1-3-5-26/h1-5H,6-25H2. The monoisotopic (exact) mass is 600 g/mol. The normalized spacial score (nSPS) is 11.8. The second-order valence-electron chi connectivity index (χ2n) is 7.79. The van der Waals surface area contributed by atoms with Gasteiger partial charge in [-0.05, 0) is 12.1 Å². The fourth-order valence-electron chi connectivity index (χ4n) is 2.77. The van der Waals surface area contributed by atoms with Gasteiger partial charge in [0.15, 0.2) is 0 Å². The molecule has 14 heteroatoms. The average molecular weight is 601 g/mol. The van der Waals surface area contributed by atoms with Crippen molar-refractivity contribution in [2.45, 2.75) is 4.90 Å². The summed E-state index contributed by atoms with van der Waals surface area (Å²) in [6.07, 6.45) is 0. The second kappa shape index (κ2) is 27.8. The van der Waals surface area contributed by atoms with Crippen molar-refractivity contribution in [2.24, 2.45) is 0 Å². The molecule has 0 saturated carbocycles. The van der Waals surface area contributed by atoms with Crippen LogP contribution in [0.15, 0.2) is 35.2 Å². The molecule has 0 heterocycles. The fraction of sp³-hybridized carbons (Fsp3) is 0.769. The van der Waals surface area contributed by atoms with E-state index in [2.05, 4.69) is 0 Å². The fourth-order valence-corrected chi connectivity index (χ4v) is 3.69. The Morgan fingerprint density at radius 2 is 0.700 bits per heavy atom. The zero-order valence-electron chi connectivity index (χ0n) is 23.2. The van der Waals surface area contributed by atoms with Gasteiger partial charge in [0.2, 0.25) is 0 Å². The first-order valence-electron chi connectivity index (χ1n) is 13.4. The van der Waals surface area contributed by atoms with Crippen molar-refractivity contribution in [3.8, 4) is 0 Å². The molecular formula is C26H45FO12S. The largest absolute Gasteiger partial charge is 0.377 e. The third kappa shape index (κ3) is 23.4. The molecule has 40 heavy (non-hydrogen) atoms. The van der Waals surface area contributed by atoms with Gasteiger partial charge in [-0.3, -0.25) is 4.18 Å². The van der Waals surface area contributed by atoms with Gasteiger partial charge in [0.25, 0.3) is 10.1 Å². The van der Waals surface area contributed by atoms with E-state index in [-0.39, 0.29) is 24.7 Å². The first kappa shape index (κ1) is 36.7. The molecule has 0 aliphatic rings. The van der Waals surface area contributed by atoms with Gasteiger partial charge in [0, 0.05) is 0 Å². The zero-order valence-corrected chi connectivity index (χ0v) is 24.0. The quantitative estimate of drug-likeness (QED) is 0.0906. The van der Waals surface area contributed by atoms with Gasteiger partial charge in [0.1, 0.15) is 6.67 Å². The highest BCUT2D eigenvalue weighted by molar-refractivity contribution is 7.86. The number of alkyl halides is 1. The van der Waals surface area contributed by atoms with Crippen LogP contribution < -0.4 is 0 Å². The van der Waals surface area contributed by atoms with Gasteiger partial charge >= 0.3 is 0 Å². The van der Waals surface area contributed by atoms with Crippen molar-refractivity contribution >= 4 is 10.1 Å². The maximum atomic E-state index is 11.9. The Balaban J connectivity index is 1.69. The lowest BCUT2D eigenvalue weighted by atomic mass is 10.4. The Labute approximate surface area is 237 Å². The minimum Gasteiger partial charge on any atom is -0.377 e. The summed E-state index contributed by atoms with van der Waals surface area (Å²) in [7, 11) is -3.76. The predicted octanol–water partition coefficient (Wildman–Crippen LogP) is 1.51. The molecule has 234 valence electrons. The van der Waals surface area contributed by atoms with Gasteiger partial charge in [-0.2, -0.15) is 8.42 Å². The lowest BCUT2D eigenvalue weighted by Crippen LogP contribution is -2.15. The van der Waals surface area contributed by atoms with Crippen LogP contribution in [0.3, 0.4) is 0 Å². The van der Waals surface area contributed by atoms with Crippen LogP contribution in [0.2, 0.25) is 0 Å². The van der Waals surface area contributed by atoms with E-state index in [1.165, 1.54) is 12.1 Å². The predicted molar refractivity (Wildman–Crippen MR) is 143 cm³/mol. The summed E-state index contributed by atoms with van der Waals surface area (Å²) in [5, 5.41) is 0. The van der Waals surface area contributed by atoms with E-state index in [4.69, 9.17) is 46.8 Å². The van der Waals surface area contributed by atoms with Gasteiger partial charge in [-0.1, -0.05) is 18.2 Å². The molecule has 1 aromatic carbocycles. The second-order valence-corrected chi connectivity index (χ2v) is 9.40. The number of hydrogen-bond donors (Lipinski definition) is 0. The molecule has 0 spiro atoms. The highest BCUT2D eigenvalue weighted by atomic mass is 32.2. The van der Waals surface area contributed by atoms with Crippen molar-refractivity contribution in [1.29, 1.82) is 0 Å². The van der Waals surface area contributed by atoms with E-state index in [0.717, 1.165) is 0 Å². The van der Waals surface area contributed by atoms with Gasteiger partial charge in [-0.25, -0.2) is 4.39 Å². The summed E-state index contributed by atoms with van der Waals surface area (Å²) in [5.74, 6) is 0. The summed E-state index contributed by atoms with van der Waals surface area (Å²) in [4.78, 5) is 0.118. The molecule has 0 N–H and O–H groups in total. The molecule has 0 aromatic heterocycles. The summed E-state index contributed by atoms with van der Waals surface area (Å²) in [5.41, 5.74) is 0. The van der Waals surface area contributed by atoms with Crippen LogP contribution in [-0.2, 0) is 56.9 Å². The Kier molecular flexibility index (Phi) is 25.6.